The van der Waals surface area contributed by atoms with Crippen molar-refractivity contribution in [3.8, 4) is 0 Å². The maximum atomic E-state index is 9.46. The molecule has 2 atom stereocenters. The fourth-order valence-corrected chi connectivity index (χ4v) is 2.11. The van der Waals surface area contributed by atoms with Gasteiger partial charge >= 0.3 is 0 Å². The van der Waals surface area contributed by atoms with Gasteiger partial charge in [-0.1, -0.05) is 13.3 Å². The van der Waals surface area contributed by atoms with E-state index in [0.717, 1.165) is 13.1 Å². The third-order valence-corrected chi connectivity index (χ3v) is 2.94. The van der Waals surface area contributed by atoms with E-state index in [1.165, 1.54) is 25.7 Å². The van der Waals surface area contributed by atoms with Gasteiger partial charge in [0, 0.05) is 19.1 Å². The van der Waals surface area contributed by atoms with Crippen LogP contribution < -0.4 is 5.73 Å². The van der Waals surface area contributed by atoms with Crippen LogP contribution in [0.25, 0.3) is 0 Å². The highest BCUT2D eigenvalue weighted by atomic mass is 16.3. The first-order valence-electron chi connectivity index (χ1n) is 5.40. The van der Waals surface area contributed by atoms with Crippen molar-refractivity contribution >= 4 is 0 Å². The van der Waals surface area contributed by atoms with Crippen molar-refractivity contribution in [3.05, 3.63) is 0 Å². The van der Waals surface area contributed by atoms with Gasteiger partial charge in [0.2, 0.25) is 0 Å². The molecule has 78 valence electrons. The molecule has 0 amide bonds. The maximum absolute atomic E-state index is 9.46. The number of nitrogens with two attached hydrogens (primary N) is 1. The highest BCUT2D eigenvalue weighted by molar-refractivity contribution is 4.77. The minimum absolute atomic E-state index is 0.341. The summed E-state index contributed by atoms with van der Waals surface area (Å²) < 4.78 is 0. The van der Waals surface area contributed by atoms with Gasteiger partial charge in [-0.3, -0.25) is 4.90 Å². The van der Waals surface area contributed by atoms with Crippen LogP contribution in [0.4, 0.5) is 0 Å². The minimum atomic E-state index is -0.341. The SMILES string of the molecule is CC[C@H]1CCCCN1C[C@H](O)CN. The molecular formula is C10H22N2O. The predicted octanol–water partition coefficient (Wildman–Crippen LogP) is 0.571. The monoisotopic (exact) mass is 186 g/mol. The fraction of sp³-hybridized carbons (Fsp3) is 1.00. The van der Waals surface area contributed by atoms with Crippen molar-refractivity contribution in [2.24, 2.45) is 5.73 Å². The van der Waals surface area contributed by atoms with Gasteiger partial charge in [-0.05, 0) is 25.8 Å². The Morgan fingerprint density at radius 1 is 1.54 bits per heavy atom. The normalized spacial score (nSPS) is 27.5. The zero-order valence-corrected chi connectivity index (χ0v) is 8.58. The molecule has 1 rings (SSSR count). The van der Waals surface area contributed by atoms with E-state index in [9.17, 15) is 5.11 Å². The van der Waals surface area contributed by atoms with Crippen LogP contribution in [0.1, 0.15) is 32.6 Å². The van der Waals surface area contributed by atoms with Gasteiger partial charge in [0.25, 0.3) is 0 Å². The summed E-state index contributed by atoms with van der Waals surface area (Å²) in [7, 11) is 0. The number of β-amino-alcohol motifs (C(OH)–C–C–N with tert-alkyl or cyclic N) is 1. The van der Waals surface area contributed by atoms with Crippen LogP contribution in [-0.2, 0) is 0 Å². The van der Waals surface area contributed by atoms with Gasteiger partial charge in [0.1, 0.15) is 0 Å². The number of hydrogen-bond acceptors (Lipinski definition) is 3. The minimum Gasteiger partial charge on any atom is -0.390 e. The lowest BCUT2D eigenvalue weighted by atomic mass is 9.99. The lowest BCUT2D eigenvalue weighted by molar-refractivity contribution is 0.0701. The summed E-state index contributed by atoms with van der Waals surface area (Å²) in [5.74, 6) is 0. The first-order chi connectivity index (χ1) is 6.27. The van der Waals surface area contributed by atoms with Crippen LogP contribution in [-0.4, -0.2) is 41.8 Å². The summed E-state index contributed by atoms with van der Waals surface area (Å²) in [6, 6.07) is 0.676. The second-order valence-electron chi connectivity index (χ2n) is 3.94. The molecule has 0 aliphatic carbocycles. The van der Waals surface area contributed by atoms with E-state index < -0.39 is 0 Å². The van der Waals surface area contributed by atoms with Crippen LogP contribution in [0, 0.1) is 0 Å². The zero-order valence-electron chi connectivity index (χ0n) is 8.58. The summed E-state index contributed by atoms with van der Waals surface area (Å²) in [4.78, 5) is 2.39. The Balaban J connectivity index is 2.35. The molecule has 0 saturated carbocycles. The smallest absolute Gasteiger partial charge is 0.0789 e. The van der Waals surface area contributed by atoms with Gasteiger partial charge in [0.15, 0.2) is 0 Å². The van der Waals surface area contributed by atoms with Gasteiger partial charge in [-0.25, -0.2) is 0 Å². The average Bonchev–Trinajstić information content (AvgIpc) is 2.18. The Kier molecular flexibility index (Phi) is 4.70. The molecule has 1 saturated heterocycles. The lowest BCUT2D eigenvalue weighted by Crippen LogP contribution is -2.45. The summed E-state index contributed by atoms with van der Waals surface area (Å²) in [6.45, 7) is 4.50. The standard InChI is InChI=1S/C10H22N2O/c1-2-9-5-3-4-6-12(9)8-10(13)7-11/h9-10,13H,2-8,11H2,1H3/t9-,10+/m0/s1. The van der Waals surface area contributed by atoms with E-state index in [0.29, 0.717) is 12.6 Å². The number of aliphatic hydroxyl groups excluding tert-OH is 1. The summed E-state index contributed by atoms with van der Waals surface area (Å²) in [6.07, 6.45) is 4.75. The Bertz CT molecular complexity index is 141. The first kappa shape index (κ1) is 11.0. The van der Waals surface area contributed by atoms with Crippen molar-refractivity contribution in [1.82, 2.24) is 4.90 Å². The van der Waals surface area contributed by atoms with Gasteiger partial charge in [0.05, 0.1) is 6.10 Å². The average molecular weight is 186 g/mol. The largest absolute Gasteiger partial charge is 0.390 e. The predicted molar refractivity (Wildman–Crippen MR) is 54.6 cm³/mol. The van der Waals surface area contributed by atoms with Crippen LogP contribution >= 0.6 is 0 Å². The van der Waals surface area contributed by atoms with Crippen molar-refractivity contribution in [3.63, 3.8) is 0 Å². The summed E-state index contributed by atoms with van der Waals surface area (Å²) >= 11 is 0. The number of hydrogen-bond donors (Lipinski definition) is 2. The Morgan fingerprint density at radius 2 is 2.31 bits per heavy atom. The molecule has 0 aromatic heterocycles. The Hall–Kier alpha value is -0.120. The van der Waals surface area contributed by atoms with E-state index in [2.05, 4.69) is 11.8 Å². The molecule has 0 unspecified atom stereocenters. The molecule has 1 heterocycles. The number of rotatable bonds is 4. The highest BCUT2D eigenvalue weighted by Crippen LogP contribution is 2.19. The third kappa shape index (κ3) is 3.25. The van der Waals surface area contributed by atoms with Crippen LogP contribution in [0.15, 0.2) is 0 Å². The molecular weight excluding hydrogens is 164 g/mol. The zero-order chi connectivity index (χ0) is 9.68. The summed E-state index contributed by atoms with van der Waals surface area (Å²) in [5.41, 5.74) is 5.40. The molecule has 1 aliphatic heterocycles. The van der Waals surface area contributed by atoms with E-state index in [1.807, 2.05) is 0 Å². The van der Waals surface area contributed by atoms with Crippen LogP contribution in [0.3, 0.4) is 0 Å². The number of piperidine rings is 1. The quantitative estimate of drug-likeness (QED) is 0.675. The Labute approximate surface area is 80.9 Å². The molecule has 3 N–H and O–H groups in total. The van der Waals surface area contributed by atoms with Crippen molar-refractivity contribution < 1.29 is 5.11 Å². The molecule has 0 aromatic rings. The second-order valence-corrected chi connectivity index (χ2v) is 3.94. The van der Waals surface area contributed by atoms with E-state index in [1.54, 1.807) is 0 Å². The molecule has 1 fully saturated rings. The highest BCUT2D eigenvalue weighted by Gasteiger charge is 2.21. The molecule has 0 bridgehead atoms. The molecule has 0 radical (unpaired) electrons. The molecule has 13 heavy (non-hydrogen) atoms. The fourth-order valence-electron chi connectivity index (χ4n) is 2.11. The second kappa shape index (κ2) is 5.58. The van der Waals surface area contributed by atoms with E-state index in [-0.39, 0.29) is 6.10 Å². The third-order valence-electron chi connectivity index (χ3n) is 2.94. The van der Waals surface area contributed by atoms with Gasteiger partial charge in [-0.15, -0.1) is 0 Å². The van der Waals surface area contributed by atoms with Crippen LogP contribution in [0.5, 0.6) is 0 Å². The topological polar surface area (TPSA) is 49.5 Å². The number of nitrogens with zero attached hydrogens (tertiary/aromatic N) is 1. The Morgan fingerprint density at radius 3 is 2.92 bits per heavy atom. The first-order valence-corrected chi connectivity index (χ1v) is 5.40. The summed E-state index contributed by atoms with van der Waals surface area (Å²) in [5, 5.41) is 9.46. The van der Waals surface area contributed by atoms with Gasteiger partial charge < -0.3 is 10.8 Å². The molecule has 3 heteroatoms. The molecule has 0 aromatic carbocycles. The lowest BCUT2D eigenvalue weighted by Gasteiger charge is -2.36. The van der Waals surface area contributed by atoms with E-state index >= 15 is 0 Å². The van der Waals surface area contributed by atoms with Gasteiger partial charge in [-0.2, -0.15) is 0 Å². The van der Waals surface area contributed by atoms with Crippen molar-refractivity contribution in [2.45, 2.75) is 44.8 Å². The van der Waals surface area contributed by atoms with Crippen molar-refractivity contribution in [2.75, 3.05) is 19.6 Å². The number of aliphatic hydroxyl groups is 1. The molecule has 1 aliphatic rings. The van der Waals surface area contributed by atoms with Crippen molar-refractivity contribution in [1.29, 1.82) is 0 Å². The maximum Gasteiger partial charge on any atom is 0.0789 e. The van der Waals surface area contributed by atoms with E-state index in [4.69, 9.17) is 5.73 Å². The molecule has 0 spiro atoms. The number of likely N-dealkylation sites (tertiary alicyclic amines) is 1. The van der Waals surface area contributed by atoms with Crippen LogP contribution in [0.2, 0.25) is 0 Å². The molecule has 3 nitrogen and oxygen atoms in total.